The first kappa shape index (κ1) is 24.4. The molecule has 3 aromatic rings. The highest BCUT2D eigenvalue weighted by molar-refractivity contribution is 5.98. The third kappa shape index (κ3) is 5.35. The van der Waals surface area contributed by atoms with E-state index in [1.807, 2.05) is 0 Å². The number of carbonyl (C=O) groups excluding carboxylic acids is 1. The Morgan fingerprint density at radius 2 is 1.94 bits per heavy atom. The van der Waals surface area contributed by atoms with Crippen molar-refractivity contribution in [2.24, 2.45) is 13.0 Å². The molecule has 4 heterocycles. The zero-order valence-corrected chi connectivity index (χ0v) is 18.7. The fraction of sp³-hybridized carbons (Fsp3) is 0.429. The van der Waals surface area contributed by atoms with Gasteiger partial charge in [-0.2, -0.15) is 18.3 Å². The Labute approximate surface area is 196 Å². The zero-order chi connectivity index (χ0) is 25.4. The molecule has 1 aliphatic rings. The maximum Gasteiger partial charge on any atom is 0.419 e. The van der Waals surface area contributed by atoms with Gasteiger partial charge < -0.3 is 10.2 Å². The van der Waals surface area contributed by atoms with Gasteiger partial charge in [0.05, 0.1) is 29.4 Å². The Morgan fingerprint density at radius 3 is 2.57 bits per heavy atom. The van der Waals surface area contributed by atoms with Gasteiger partial charge in [0.15, 0.2) is 5.69 Å². The summed E-state index contributed by atoms with van der Waals surface area (Å²) in [7, 11) is 1.59. The summed E-state index contributed by atoms with van der Waals surface area (Å²) in [6.07, 6.45) is 0.538. The van der Waals surface area contributed by atoms with Gasteiger partial charge in [0.1, 0.15) is 6.33 Å². The summed E-state index contributed by atoms with van der Waals surface area (Å²) in [5, 5.41) is 6.95. The molecule has 4 rings (SSSR count). The molecule has 0 saturated carbocycles. The van der Waals surface area contributed by atoms with Crippen LogP contribution in [0, 0.1) is 5.92 Å². The van der Waals surface area contributed by atoms with E-state index in [4.69, 9.17) is 0 Å². The number of rotatable bonds is 5. The van der Waals surface area contributed by atoms with Crippen molar-refractivity contribution in [1.82, 2.24) is 34.6 Å². The Morgan fingerprint density at radius 1 is 1.23 bits per heavy atom. The second-order valence-corrected chi connectivity index (χ2v) is 8.37. The molecule has 1 unspecified atom stereocenters. The molecular weight excluding hydrogens is 475 g/mol. The van der Waals surface area contributed by atoms with E-state index in [0.717, 1.165) is 4.90 Å². The fourth-order valence-corrected chi connectivity index (χ4v) is 4.06. The van der Waals surface area contributed by atoms with Crippen molar-refractivity contribution >= 4 is 11.9 Å². The number of halogens is 5. The maximum absolute atomic E-state index is 14.5. The molecule has 1 amide bonds. The van der Waals surface area contributed by atoms with Gasteiger partial charge in [0, 0.05) is 44.8 Å². The summed E-state index contributed by atoms with van der Waals surface area (Å²) >= 11 is 0. The number of aromatic nitrogens is 6. The van der Waals surface area contributed by atoms with Crippen LogP contribution >= 0.6 is 0 Å². The Kier molecular flexibility index (Phi) is 6.38. The molecule has 14 heteroatoms. The van der Waals surface area contributed by atoms with Crippen molar-refractivity contribution in [1.29, 1.82) is 0 Å². The average Bonchev–Trinajstić information content (AvgIpc) is 3.19. The maximum atomic E-state index is 14.5. The van der Waals surface area contributed by atoms with Gasteiger partial charge in [-0.25, -0.2) is 28.7 Å². The largest absolute Gasteiger partial charge is 0.419 e. The smallest absolute Gasteiger partial charge is 0.352 e. The Hall–Kier alpha value is -3.71. The number of nitrogens with zero attached hydrogens (tertiary/aromatic N) is 7. The van der Waals surface area contributed by atoms with E-state index >= 15 is 0 Å². The number of likely N-dealkylation sites (tertiary alicyclic amines) is 1. The number of nitrogens with one attached hydrogen (secondary N) is 1. The van der Waals surface area contributed by atoms with Gasteiger partial charge in [-0.1, -0.05) is 6.92 Å². The van der Waals surface area contributed by atoms with Crippen LogP contribution in [0.15, 0.2) is 37.2 Å². The van der Waals surface area contributed by atoms with Crippen LogP contribution < -0.4 is 5.32 Å². The predicted molar refractivity (Wildman–Crippen MR) is 113 cm³/mol. The molecule has 1 aliphatic heterocycles. The van der Waals surface area contributed by atoms with E-state index in [1.54, 1.807) is 26.2 Å². The third-order valence-corrected chi connectivity index (χ3v) is 5.68. The molecular formula is C21H21F5N8O. The molecule has 1 N–H and O–H groups in total. The summed E-state index contributed by atoms with van der Waals surface area (Å²) in [6.45, 7) is 0.692. The summed E-state index contributed by atoms with van der Waals surface area (Å²) in [6, 6.07) is 0.843. The van der Waals surface area contributed by atoms with Crippen LogP contribution in [-0.4, -0.2) is 65.6 Å². The van der Waals surface area contributed by atoms with Crippen molar-refractivity contribution in [3.8, 4) is 11.3 Å². The topological polar surface area (TPSA) is 102 Å². The lowest BCUT2D eigenvalue weighted by molar-refractivity contribution is -0.138. The highest BCUT2D eigenvalue weighted by Crippen LogP contribution is 2.36. The van der Waals surface area contributed by atoms with E-state index in [0.29, 0.717) is 23.7 Å². The number of carbonyl (C=O) groups is 1. The van der Waals surface area contributed by atoms with Gasteiger partial charge in [0.2, 0.25) is 5.95 Å². The highest BCUT2D eigenvalue weighted by Gasteiger charge is 2.47. The molecule has 1 fully saturated rings. The van der Waals surface area contributed by atoms with Crippen LogP contribution in [-0.2, 0) is 13.2 Å². The first-order valence-electron chi connectivity index (χ1n) is 10.6. The molecule has 0 radical (unpaired) electrons. The molecule has 3 aromatic heterocycles. The van der Waals surface area contributed by atoms with Crippen LogP contribution in [0.4, 0.5) is 27.9 Å². The van der Waals surface area contributed by atoms with Crippen LogP contribution in [0.1, 0.15) is 29.4 Å². The van der Waals surface area contributed by atoms with E-state index in [2.05, 4.69) is 30.4 Å². The SMILES string of the molecule is C[C@@H]1CC(F)(F)CN(C(=O)c2nn(C)cc2-c2ccncn2)C1CNc1ncc(C(F)(F)F)cn1. The van der Waals surface area contributed by atoms with Crippen molar-refractivity contribution in [3.05, 3.63) is 48.4 Å². The third-order valence-electron chi connectivity index (χ3n) is 5.68. The number of piperidine rings is 1. The lowest BCUT2D eigenvalue weighted by Gasteiger charge is -2.43. The summed E-state index contributed by atoms with van der Waals surface area (Å²) in [5.74, 6) is -4.60. The van der Waals surface area contributed by atoms with Gasteiger partial charge in [0.25, 0.3) is 11.8 Å². The molecule has 186 valence electrons. The molecule has 1 saturated heterocycles. The quantitative estimate of drug-likeness (QED) is 0.541. The van der Waals surface area contributed by atoms with Crippen molar-refractivity contribution < 1.29 is 26.7 Å². The summed E-state index contributed by atoms with van der Waals surface area (Å²) < 4.78 is 68.7. The van der Waals surface area contributed by atoms with Crippen molar-refractivity contribution in [2.75, 3.05) is 18.4 Å². The van der Waals surface area contributed by atoms with Crippen LogP contribution in [0.5, 0.6) is 0 Å². The molecule has 0 bridgehead atoms. The lowest BCUT2D eigenvalue weighted by Crippen LogP contribution is -2.57. The van der Waals surface area contributed by atoms with Crippen LogP contribution in [0.3, 0.4) is 0 Å². The second-order valence-electron chi connectivity index (χ2n) is 8.37. The number of alkyl halides is 5. The van der Waals surface area contributed by atoms with Crippen molar-refractivity contribution in [3.63, 3.8) is 0 Å². The molecule has 2 atom stereocenters. The predicted octanol–water partition coefficient (Wildman–Crippen LogP) is 3.28. The van der Waals surface area contributed by atoms with Gasteiger partial charge in [-0.15, -0.1) is 0 Å². The Bertz CT molecular complexity index is 1180. The normalized spacial score (nSPS) is 20.0. The van der Waals surface area contributed by atoms with Gasteiger partial charge in [-0.05, 0) is 12.0 Å². The minimum Gasteiger partial charge on any atom is -0.352 e. The Balaban J connectivity index is 1.60. The molecule has 0 aliphatic carbocycles. The number of anilines is 1. The molecule has 0 spiro atoms. The number of hydrogen-bond donors (Lipinski definition) is 1. The zero-order valence-electron chi connectivity index (χ0n) is 18.7. The van der Waals surface area contributed by atoms with Gasteiger partial charge in [-0.3, -0.25) is 9.48 Å². The molecule has 0 aromatic carbocycles. The fourth-order valence-electron chi connectivity index (χ4n) is 4.06. The first-order valence-corrected chi connectivity index (χ1v) is 10.6. The number of aryl methyl sites for hydroxylation is 1. The molecule has 9 nitrogen and oxygen atoms in total. The minimum absolute atomic E-state index is 0.0492. The number of amides is 1. The van der Waals surface area contributed by atoms with Crippen LogP contribution in [0.25, 0.3) is 11.3 Å². The van der Waals surface area contributed by atoms with E-state index in [1.165, 1.54) is 17.2 Å². The van der Waals surface area contributed by atoms with E-state index in [-0.39, 0.29) is 18.2 Å². The summed E-state index contributed by atoms with van der Waals surface area (Å²) in [4.78, 5) is 29.8. The van der Waals surface area contributed by atoms with E-state index < -0.39 is 48.5 Å². The second kappa shape index (κ2) is 9.15. The van der Waals surface area contributed by atoms with E-state index in [9.17, 15) is 26.7 Å². The van der Waals surface area contributed by atoms with Crippen molar-refractivity contribution in [2.45, 2.75) is 31.5 Å². The minimum atomic E-state index is -4.59. The molecule has 35 heavy (non-hydrogen) atoms. The highest BCUT2D eigenvalue weighted by atomic mass is 19.4. The van der Waals surface area contributed by atoms with Crippen LogP contribution in [0.2, 0.25) is 0 Å². The standard InChI is InChI=1S/C21H21F5N8O/c1-12-5-20(22,23)10-34(16(12)8-30-19-28-6-13(7-29-19)21(24,25)26)18(35)17-14(9-33(2)32-17)15-3-4-27-11-31-15/h3-4,6-7,9,11-12,16H,5,8,10H2,1-2H3,(H,28,29,30)/t12-,16?/m1/s1. The lowest BCUT2D eigenvalue weighted by atomic mass is 9.88. The average molecular weight is 496 g/mol. The number of hydrogen-bond acceptors (Lipinski definition) is 7. The van der Waals surface area contributed by atoms with Gasteiger partial charge >= 0.3 is 6.18 Å². The monoisotopic (exact) mass is 496 g/mol. The first-order chi connectivity index (χ1) is 16.4. The summed E-state index contributed by atoms with van der Waals surface area (Å²) in [5.41, 5.74) is -0.301.